The lowest BCUT2D eigenvalue weighted by atomic mass is 10.2. The molecule has 2 aromatic carbocycles. The third-order valence-corrected chi connectivity index (χ3v) is 4.92. The van der Waals surface area contributed by atoms with E-state index in [1.807, 2.05) is 68.5 Å². The van der Waals surface area contributed by atoms with Crippen molar-refractivity contribution in [1.29, 1.82) is 0 Å². The molecule has 0 spiro atoms. The highest BCUT2D eigenvalue weighted by Crippen LogP contribution is 2.32. The Morgan fingerprint density at radius 1 is 1.00 bits per heavy atom. The Labute approximate surface area is 146 Å². The van der Waals surface area contributed by atoms with Gasteiger partial charge < -0.3 is 0 Å². The fourth-order valence-corrected chi connectivity index (χ4v) is 3.35. The maximum absolute atomic E-state index is 12.5. The van der Waals surface area contributed by atoms with Gasteiger partial charge in [0, 0.05) is 11.0 Å². The number of nitrogens with zero attached hydrogens (tertiary/aromatic N) is 2. The highest BCUT2D eigenvalue weighted by Gasteiger charge is 2.16. The van der Waals surface area contributed by atoms with Gasteiger partial charge in [-0.3, -0.25) is 4.79 Å². The lowest BCUT2D eigenvalue weighted by Crippen LogP contribution is -2.11. The van der Waals surface area contributed by atoms with Crippen LogP contribution >= 0.6 is 11.8 Å². The molecule has 0 radical (unpaired) electrons. The summed E-state index contributed by atoms with van der Waals surface area (Å²) in [5, 5.41) is 4.41. The van der Waals surface area contributed by atoms with Crippen molar-refractivity contribution < 1.29 is 4.79 Å². The first-order valence-corrected chi connectivity index (χ1v) is 8.53. The first kappa shape index (κ1) is 16.3. The highest BCUT2D eigenvalue weighted by atomic mass is 32.2. The monoisotopic (exact) mass is 334 g/mol. The average Bonchev–Trinajstić information content (AvgIpc) is 2.90. The molecule has 0 fully saturated rings. The molecule has 0 aliphatic heterocycles. The second-order valence-corrected chi connectivity index (χ2v) is 6.49. The van der Waals surface area contributed by atoms with Crippen molar-refractivity contribution in [2.75, 3.05) is 0 Å². The average molecular weight is 334 g/mol. The van der Waals surface area contributed by atoms with Gasteiger partial charge in [-0.1, -0.05) is 60.3 Å². The number of hydrogen-bond acceptors (Lipinski definition) is 3. The maximum Gasteiger partial charge on any atom is 0.271 e. The predicted octanol–water partition coefficient (Wildman–Crippen LogP) is 5.00. The Balaban J connectivity index is 1.83. The van der Waals surface area contributed by atoms with Gasteiger partial charge in [0.25, 0.3) is 5.91 Å². The predicted molar refractivity (Wildman–Crippen MR) is 98.4 cm³/mol. The summed E-state index contributed by atoms with van der Waals surface area (Å²) in [7, 11) is 0. The molecule has 0 saturated heterocycles. The summed E-state index contributed by atoms with van der Waals surface area (Å²) in [6.45, 7) is 3.86. The lowest BCUT2D eigenvalue weighted by molar-refractivity contribution is 0.0952. The molecule has 120 valence electrons. The molecular weight excluding hydrogens is 316 g/mol. The molecule has 3 nitrogen and oxygen atoms in total. The number of allylic oxidation sites excluding steroid dienone is 1. The van der Waals surface area contributed by atoms with Crippen LogP contribution in [0.4, 0.5) is 0 Å². The Kier molecular flexibility index (Phi) is 4.96. The van der Waals surface area contributed by atoms with Crippen LogP contribution in [-0.4, -0.2) is 15.7 Å². The van der Waals surface area contributed by atoms with Crippen LogP contribution in [-0.2, 0) is 0 Å². The number of aryl methyl sites for hydroxylation is 1. The third-order valence-electron chi connectivity index (χ3n) is 3.61. The molecule has 0 aliphatic carbocycles. The normalized spacial score (nSPS) is 11.1. The molecule has 0 amide bonds. The molecule has 3 rings (SSSR count). The molecule has 1 aromatic heterocycles. The van der Waals surface area contributed by atoms with Gasteiger partial charge in [-0.25, -0.2) is 4.68 Å². The summed E-state index contributed by atoms with van der Waals surface area (Å²) in [5.74, 6) is -0.139. The summed E-state index contributed by atoms with van der Waals surface area (Å²) in [6, 6.07) is 19.9. The van der Waals surface area contributed by atoms with E-state index in [0.29, 0.717) is 0 Å². The summed E-state index contributed by atoms with van der Waals surface area (Å²) >= 11 is 1.63. The Bertz CT molecular complexity index is 867. The molecule has 0 N–H and O–H groups in total. The molecule has 24 heavy (non-hydrogen) atoms. The van der Waals surface area contributed by atoms with Crippen molar-refractivity contribution in [3.8, 4) is 0 Å². The largest absolute Gasteiger partial charge is 0.271 e. The number of benzene rings is 2. The van der Waals surface area contributed by atoms with E-state index in [1.165, 1.54) is 4.68 Å². The van der Waals surface area contributed by atoms with Crippen molar-refractivity contribution in [2.24, 2.45) is 0 Å². The van der Waals surface area contributed by atoms with Gasteiger partial charge in [-0.15, -0.1) is 0 Å². The van der Waals surface area contributed by atoms with Gasteiger partial charge in [0.1, 0.15) is 0 Å². The van der Waals surface area contributed by atoms with Gasteiger partial charge in [0.05, 0.1) is 16.3 Å². The molecule has 3 aromatic rings. The molecule has 1 heterocycles. The first-order valence-electron chi connectivity index (χ1n) is 7.72. The minimum Gasteiger partial charge on any atom is -0.267 e. The van der Waals surface area contributed by atoms with Crippen LogP contribution in [0.15, 0.2) is 76.5 Å². The second kappa shape index (κ2) is 7.32. The number of aromatic nitrogens is 2. The van der Waals surface area contributed by atoms with E-state index in [-0.39, 0.29) is 5.91 Å². The van der Waals surface area contributed by atoms with Crippen molar-refractivity contribution in [1.82, 2.24) is 9.78 Å². The molecule has 4 heteroatoms. The minimum absolute atomic E-state index is 0.139. The van der Waals surface area contributed by atoms with E-state index in [1.54, 1.807) is 17.8 Å². The van der Waals surface area contributed by atoms with E-state index >= 15 is 0 Å². The topological polar surface area (TPSA) is 34.9 Å². The van der Waals surface area contributed by atoms with Crippen LogP contribution < -0.4 is 0 Å². The van der Waals surface area contributed by atoms with E-state index in [2.05, 4.69) is 17.2 Å². The lowest BCUT2D eigenvalue weighted by Gasteiger charge is -2.02. The third kappa shape index (κ3) is 3.66. The smallest absolute Gasteiger partial charge is 0.267 e. The molecule has 0 aliphatic rings. The zero-order valence-electron chi connectivity index (χ0n) is 13.6. The molecule has 0 saturated carbocycles. The summed E-state index contributed by atoms with van der Waals surface area (Å²) in [4.78, 5) is 14.6. The SMILES string of the molecule is Cc1nn(C(=O)C=Cc2ccccc2)c(C)c1Sc1ccccc1. The second-order valence-electron chi connectivity index (χ2n) is 5.41. The molecule has 0 bridgehead atoms. The molecule has 0 atom stereocenters. The van der Waals surface area contributed by atoms with Crippen LogP contribution in [0.3, 0.4) is 0 Å². The zero-order chi connectivity index (χ0) is 16.9. The highest BCUT2D eigenvalue weighted by molar-refractivity contribution is 7.99. The summed E-state index contributed by atoms with van der Waals surface area (Å²) in [5.41, 5.74) is 2.72. The summed E-state index contributed by atoms with van der Waals surface area (Å²) < 4.78 is 1.47. The maximum atomic E-state index is 12.5. The van der Waals surface area contributed by atoms with Crippen LogP contribution in [0, 0.1) is 13.8 Å². The van der Waals surface area contributed by atoms with Gasteiger partial charge in [-0.05, 0) is 37.6 Å². The van der Waals surface area contributed by atoms with E-state index in [4.69, 9.17) is 0 Å². The van der Waals surface area contributed by atoms with Gasteiger partial charge in [0.2, 0.25) is 0 Å². The van der Waals surface area contributed by atoms with Crippen molar-refractivity contribution >= 4 is 23.7 Å². The fourth-order valence-electron chi connectivity index (χ4n) is 2.40. The minimum atomic E-state index is -0.139. The molecular formula is C20H18N2OS. The van der Waals surface area contributed by atoms with Gasteiger partial charge in [0.15, 0.2) is 0 Å². The fraction of sp³-hybridized carbons (Fsp3) is 0.100. The van der Waals surface area contributed by atoms with E-state index in [9.17, 15) is 4.79 Å². The van der Waals surface area contributed by atoms with Crippen molar-refractivity contribution in [3.05, 3.63) is 83.7 Å². The van der Waals surface area contributed by atoms with E-state index in [0.717, 1.165) is 26.7 Å². The van der Waals surface area contributed by atoms with Crippen molar-refractivity contribution in [3.63, 3.8) is 0 Å². The van der Waals surface area contributed by atoms with Crippen LogP contribution in [0.1, 0.15) is 21.7 Å². The number of hydrogen-bond donors (Lipinski definition) is 0. The Morgan fingerprint density at radius 3 is 2.29 bits per heavy atom. The number of carbonyl (C=O) groups excluding carboxylic acids is 1. The Morgan fingerprint density at radius 2 is 1.62 bits per heavy atom. The van der Waals surface area contributed by atoms with Crippen LogP contribution in [0.5, 0.6) is 0 Å². The quantitative estimate of drug-likeness (QED) is 0.629. The number of rotatable bonds is 4. The number of carbonyl (C=O) groups is 1. The van der Waals surface area contributed by atoms with Gasteiger partial charge >= 0.3 is 0 Å². The standard InChI is InChI=1S/C20H18N2OS/c1-15-20(24-18-11-7-4-8-12-18)16(2)22(21-15)19(23)14-13-17-9-5-3-6-10-17/h3-14H,1-2H3. The Hall–Kier alpha value is -2.59. The van der Waals surface area contributed by atoms with Crippen LogP contribution in [0.2, 0.25) is 0 Å². The van der Waals surface area contributed by atoms with Crippen molar-refractivity contribution in [2.45, 2.75) is 23.6 Å². The summed E-state index contributed by atoms with van der Waals surface area (Å²) in [6.07, 6.45) is 3.37. The zero-order valence-corrected chi connectivity index (χ0v) is 14.5. The van der Waals surface area contributed by atoms with E-state index < -0.39 is 0 Å². The first-order chi connectivity index (χ1) is 11.6. The van der Waals surface area contributed by atoms with Gasteiger partial charge in [-0.2, -0.15) is 5.10 Å². The van der Waals surface area contributed by atoms with Crippen LogP contribution in [0.25, 0.3) is 6.08 Å². The molecule has 0 unspecified atom stereocenters.